The number of rotatable bonds is 11. The number of hydrogen-bond acceptors (Lipinski definition) is 8. The van der Waals surface area contributed by atoms with Crippen LogP contribution >= 0.6 is 0 Å². The number of carbonyl (C=O) groups excluding carboxylic acids is 7. The summed E-state index contributed by atoms with van der Waals surface area (Å²) in [5.41, 5.74) is 0.784. The second-order valence-electron chi connectivity index (χ2n) is 17.2. The molecular weight excluding hydrogens is 729 g/mol. The second-order valence-corrected chi connectivity index (χ2v) is 17.2. The van der Waals surface area contributed by atoms with Gasteiger partial charge in [0.2, 0.25) is 29.5 Å². The van der Waals surface area contributed by atoms with Crippen LogP contribution in [-0.2, 0) is 44.7 Å². The Labute approximate surface area is 339 Å². The van der Waals surface area contributed by atoms with E-state index in [1.54, 1.807) is 6.92 Å². The molecule has 2 saturated heterocycles. The van der Waals surface area contributed by atoms with Crippen LogP contribution in [0.5, 0.6) is 0 Å². The maximum Gasteiger partial charge on any atom is 0.329 e. The van der Waals surface area contributed by atoms with Gasteiger partial charge in [0, 0.05) is 27.6 Å². The molecule has 14 nitrogen and oxygen atoms in total. The monoisotopic (exact) mass is 797 g/mol. The first-order chi connectivity index (χ1) is 26.8. The van der Waals surface area contributed by atoms with E-state index in [9.17, 15) is 33.6 Å². The summed E-state index contributed by atoms with van der Waals surface area (Å²) in [6, 6.07) is 2.59. The number of ether oxygens (including phenoxy) is 1. The first-order valence-electron chi connectivity index (χ1n) is 20.7. The van der Waals surface area contributed by atoms with E-state index in [1.807, 2.05) is 65.0 Å². The molecule has 2 heterocycles. The number of unbranched alkanes of at least 4 members (excludes halogenated alkanes) is 1. The summed E-state index contributed by atoms with van der Waals surface area (Å²) in [6.45, 7) is 14.9. The smallest absolute Gasteiger partial charge is 0.329 e. The Morgan fingerprint density at radius 1 is 0.684 bits per heavy atom. The number of cyclic esters (lactones) is 1. The number of esters is 1. The lowest BCUT2D eigenvalue weighted by atomic mass is 9.90. The third kappa shape index (κ3) is 12.8. The summed E-state index contributed by atoms with van der Waals surface area (Å²) in [4.78, 5) is 104. The summed E-state index contributed by atoms with van der Waals surface area (Å²) >= 11 is 0. The Morgan fingerprint density at radius 3 is 1.81 bits per heavy atom. The van der Waals surface area contributed by atoms with Gasteiger partial charge in [0.25, 0.3) is 5.91 Å². The zero-order valence-corrected chi connectivity index (χ0v) is 36.0. The minimum absolute atomic E-state index is 0.00704. The molecule has 2 fully saturated rings. The molecule has 2 bridgehead atoms. The molecule has 14 heteroatoms. The zero-order chi connectivity index (χ0) is 42.7. The van der Waals surface area contributed by atoms with Crippen molar-refractivity contribution in [3.8, 4) is 0 Å². The molecule has 6 amide bonds. The summed E-state index contributed by atoms with van der Waals surface area (Å²) in [5.74, 6) is -5.00. The Balaban J connectivity index is 2.28. The Bertz CT molecular complexity index is 1570. The van der Waals surface area contributed by atoms with Crippen LogP contribution in [0.3, 0.4) is 0 Å². The fourth-order valence-electron chi connectivity index (χ4n) is 7.75. The normalized spacial score (nSPS) is 28.2. The molecule has 0 aromatic heterocycles. The van der Waals surface area contributed by atoms with Gasteiger partial charge in [0.1, 0.15) is 36.3 Å². The van der Waals surface area contributed by atoms with E-state index in [4.69, 9.17) is 4.74 Å². The maximum absolute atomic E-state index is 14.7. The van der Waals surface area contributed by atoms with Crippen LogP contribution in [-0.4, -0.2) is 120 Å². The van der Waals surface area contributed by atoms with Crippen LogP contribution in [0.25, 0.3) is 0 Å². The Hall–Kier alpha value is -4.49. The molecule has 3 rings (SSSR count). The minimum atomic E-state index is -1.29. The molecular formula is C43H68N6O8. The van der Waals surface area contributed by atoms with Crippen LogP contribution in [0.2, 0.25) is 0 Å². The molecule has 0 saturated carbocycles. The highest BCUT2D eigenvalue weighted by Crippen LogP contribution is 2.25. The number of carbonyl (C=O) groups is 7. The van der Waals surface area contributed by atoms with Crippen molar-refractivity contribution in [1.29, 1.82) is 0 Å². The number of benzene rings is 1. The topological polar surface area (TPSA) is 175 Å². The van der Waals surface area contributed by atoms with Gasteiger partial charge in [-0.25, -0.2) is 4.79 Å². The molecule has 0 radical (unpaired) electrons. The van der Waals surface area contributed by atoms with Crippen molar-refractivity contribution < 1.29 is 38.3 Å². The number of nitrogens with one attached hydrogen (secondary N) is 3. The standard InChI is InChI=1S/C43H68N6O8/c1-12-13-17-27(6)22-32-41(54)49(11)35-23-28(7)36(46-37(50)29(8)57-43(35)56)42(55)48(10)33(21-26(4)5)38(51)44-31(20-25(2)3)40(53)47(9)34(39(52)45-32)24-30-18-15-14-16-19-30/h14-16,18-19,25-29,31-36H,12-13,17,20-24H2,1-11H3,(H,44,51)(H,45,52)(H,46,50)/t27-,28?,29-,31+,32+,33+,34+,35+,36+/m1/s1. The Kier molecular flexibility index (Phi) is 17.5. The molecule has 318 valence electrons. The van der Waals surface area contributed by atoms with Gasteiger partial charge >= 0.3 is 5.97 Å². The van der Waals surface area contributed by atoms with Gasteiger partial charge in [-0.3, -0.25) is 28.8 Å². The predicted molar refractivity (Wildman–Crippen MR) is 217 cm³/mol. The van der Waals surface area contributed by atoms with E-state index in [-0.39, 0.29) is 49.9 Å². The first kappa shape index (κ1) is 46.9. The minimum Gasteiger partial charge on any atom is -0.451 e. The molecule has 2 aliphatic rings. The van der Waals surface area contributed by atoms with E-state index in [0.29, 0.717) is 0 Å². The van der Waals surface area contributed by atoms with Gasteiger partial charge in [-0.05, 0) is 61.8 Å². The van der Waals surface area contributed by atoms with Crippen LogP contribution in [0.15, 0.2) is 30.3 Å². The Morgan fingerprint density at radius 2 is 1.23 bits per heavy atom. The van der Waals surface area contributed by atoms with E-state index in [0.717, 1.165) is 24.8 Å². The predicted octanol–water partition coefficient (Wildman–Crippen LogP) is 3.46. The van der Waals surface area contributed by atoms with Gasteiger partial charge in [0.05, 0.1) is 0 Å². The highest BCUT2D eigenvalue weighted by atomic mass is 16.5. The summed E-state index contributed by atoms with van der Waals surface area (Å²) in [7, 11) is 4.48. The summed E-state index contributed by atoms with van der Waals surface area (Å²) in [5, 5.41) is 8.68. The maximum atomic E-state index is 14.7. The molecule has 1 aromatic carbocycles. The van der Waals surface area contributed by atoms with Crippen LogP contribution < -0.4 is 16.0 Å². The number of amides is 6. The average molecular weight is 797 g/mol. The highest BCUT2D eigenvalue weighted by molar-refractivity contribution is 5.98. The van der Waals surface area contributed by atoms with Crippen molar-refractivity contribution in [3.63, 3.8) is 0 Å². The van der Waals surface area contributed by atoms with Gasteiger partial charge in [-0.2, -0.15) is 0 Å². The van der Waals surface area contributed by atoms with Crippen molar-refractivity contribution in [1.82, 2.24) is 30.7 Å². The lowest BCUT2D eigenvalue weighted by Crippen LogP contribution is -2.61. The molecule has 57 heavy (non-hydrogen) atoms. The van der Waals surface area contributed by atoms with E-state index in [1.165, 1.54) is 42.8 Å². The largest absolute Gasteiger partial charge is 0.451 e. The SMILES string of the molecule is CCCC[C@@H](C)C[C@@H]1NC(=O)[C@H](Cc2ccccc2)N(C)C(=O)[C@H](CC(C)C)NC(=O)[C@H](CC(C)C)N(C)C(=O)[C@H]2NC(=O)[C@@H](C)OC(=O)[C@H](CC2C)N(C)C1=O. The number of likely N-dealkylation sites (N-methyl/N-ethyl adjacent to an activating group) is 3. The quantitative estimate of drug-likeness (QED) is 0.286. The van der Waals surface area contributed by atoms with E-state index < -0.39 is 89.7 Å². The van der Waals surface area contributed by atoms with Gasteiger partial charge in [-0.15, -0.1) is 0 Å². The molecule has 3 N–H and O–H groups in total. The summed E-state index contributed by atoms with van der Waals surface area (Å²) < 4.78 is 5.59. The molecule has 1 aromatic rings. The van der Waals surface area contributed by atoms with Crippen LogP contribution in [0.1, 0.15) is 106 Å². The summed E-state index contributed by atoms with van der Waals surface area (Å²) in [6.07, 6.45) is 2.18. The number of fused-ring (bicyclic) bond motifs is 3. The molecule has 1 unspecified atom stereocenters. The molecule has 2 aliphatic heterocycles. The number of nitrogens with zero attached hydrogens (tertiary/aromatic N) is 3. The van der Waals surface area contributed by atoms with Gasteiger partial charge in [-0.1, -0.05) is 98.1 Å². The molecule has 0 spiro atoms. The fraction of sp³-hybridized carbons (Fsp3) is 0.698. The first-order valence-corrected chi connectivity index (χ1v) is 20.7. The van der Waals surface area contributed by atoms with Crippen molar-refractivity contribution in [2.45, 2.75) is 149 Å². The van der Waals surface area contributed by atoms with E-state index in [2.05, 4.69) is 22.9 Å². The third-order valence-corrected chi connectivity index (χ3v) is 11.3. The van der Waals surface area contributed by atoms with Gasteiger partial charge in [0.15, 0.2) is 6.10 Å². The van der Waals surface area contributed by atoms with Crippen molar-refractivity contribution in [2.75, 3.05) is 21.1 Å². The van der Waals surface area contributed by atoms with Crippen molar-refractivity contribution in [3.05, 3.63) is 35.9 Å². The lowest BCUT2D eigenvalue weighted by Gasteiger charge is -2.37. The van der Waals surface area contributed by atoms with Crippen LogP contribution in [0.4, 0.5) is 0 Å². The fourth-order valence-corrected chi connectivity index (χ4v) is 7.75. The molecule has 0 aliphatic carbocycles. The zero-order valence-electron chi connectivity index (χ0n) is 36.0. The second kappa shape index (κ2) is 21.3. The van der Waals surface area contributed by atoms with Crippen molar-refractivity contribution in [2.24, 2.45) is 23.7 Å². The highest BCUT2D eigenvalue weighted by Gasteiger charge is 2.44. The molecule has 9 atom stereocenters. The van der Waals surface area contributed by atoms with Gasteiger partial charge < -0.3 is 35.4 Å². The third-order valence-electron chi connectivity index (χ3n) is 11.3. The lowest BCUT2D eigenvalue weighted by molar-refractivity contribution is -0.162. The van der Waals surface area contributed by atoms with E-state index >= 15 is 0 Å². The van der Waals surface area contributed by atoms with Crippen molar-refractivity contribution >= 4 is 41.4 Å². The average Bonchev–Trinajstić information content (AvgIpc) is 3.19. The number of hydrogen-bond donors (Lipinski definition) is 3. The van der Waals surface area contributed by atoms with Crippen LogP contribution in [0, 0.1) is 23.7 Å².